The second-order valence-electron chi connectivity index (χ2n) is 8.33. The summed E-state index contributed by atoms with van der Waals surface area (Å²) in [6, 6.07) is 24.5. The van der Waals surface area contributed by atoms with Gasteiger partial charge in [0.1, 0.15) is 11.0 Å². The molecule has 33 heavy (non-hydrogen) atoms. The summed E-state index contributed by atoms with van der Waals surface area (Å²) < 4.78 is 1.75. The maximum Gasteiger partial charge on any atom is 0.283 e. The van der Waals surface area contributed by atoms with Gasteiger partial charge in [0.05, 0.1) is 5.69 Å². The van der Waals surface area contributed by atoms with E-state index >= 15 is 0 Å². The zero-order valence-electron chi connectivity index (χ0n) is 18.9. The van der Waals surface area contributed by atoms with Gasteiger partial charge in [-0.05, 0) is 49.1 Å². The maximum atomic E-state index is 13.8. The molecule has 2 aromatic heterocycles. The van der Waals surface area contributed by atoms with Crippen LogP contribution in [0.4, 0.5) is 0 Å². The highest BCUT2D eigenvalue weighted by Gasteiger charge is 2.19. The van der Waals surface area contributed by atoms with Crippen LogP contribution in [0, 0.1) is 20.8 Å². The normalized spacial score (nSPS) is 11.2. The third-order valence-electron chi connectivity index (χ3n) is 5.97. The summed E-state index contributed by atoms with van der Waals surface area (Å²) in [4.78, 5) is 22.0. The van der Waals surface area contributed by atoms with Crippen molar-refractivity contribution in [2.45, 2.75) is 31.7 Å². The molecule has 0 saturated heterocycles. The van der Waals surface area contributed by atoms with Crippen molar-refractivity contribution in [1.82, 2.24) is 14.5 Å². The summed E-state index contributed by atoms with van der Waals surface area (Å²) >= 11 is 1.60. The Bertz CT molecular complexity index is 1520. The van der Waals surface area contributed by atoms with E-state index in [1.54, 1.807) is 16.3 Å². The van der Waals surface area contributed by atoms with Crippen LogP contribution < -0.4 is 5.56 Å². The fourth-order valence-corrected chi connectivity index (χ4v) is 5.16. The Hall–Kier alpha value is -3.57. The van der Waals surface area contributed by atoms with Crippen LogP contribution in [0.25, 0.3) is 27.8 Å². The Balaban J connectivity index is 1.70. The molecule has 0 aliphatic carbocycles. The van der Waals surface area contributed by atoms with Crippen LogP contribution in [0.15, 0.2) is 88.9 Å². The summed E-state index contributed by atoms with van der Waals surface area (Å²) in [5.74, 6) is 0.739. The molecule has 0 spiro atoms. The lowest BCUT2D eigenvalue weighted by Gasteiger charge is -2.15. The minimum atomic E-state index is -0.0834. The Morgan fingerprint density at radius 3 is 2.45 bits per heavy atom. The summed E-state index contributed by atoms with van der Waals surface area (Å²) in [6.07, 6.45) is 1.88. The van der Waals surface area contributed by atoms with Crippen molar-refractivity contribution < 1.29 is 0 Å². The zero-order chi connectivity index (χ0) is 22.9. The SMILES string of the molecule is Cc1ccc(C)c(CSc2nc3c(-c4ccccc4)c[nH]c3c(=O)n2-c2ccccc2C)c1. The lowest BCUT2D eigenvalue weighted by Crippen LogP contribution is -2.22. The number of rotatable bonds is 5. The number of fused-ring (bicyclic) bond motifs is 1. The number of para-hydroxylation sites is 1. The van der Waals surface area contributed by atoms with E-state index in [-0.39, 0.29) is 5.56 Å². The molecule has 0 amide bonds. The van der Waals surface area contributed by atoms with Gasteiger partial charge in [-0.2, -0.15) is 0 Å². The largest absolute Gasteiger partial charge is 0.355 e. The first-order valence-corrected chi connectivity index (χ1v) is 12.0. The highest BCUT2D eigenvalue weighted by atomic mass is 32.2. The van der Waals surface area contributed by atoms with E-state index in [1.807, 2.05) is 67.7 Å². The summed E-state index contributed by atoms with van der Waals surface area (Å²) in [5.41, 5.74) is 8.73. The fraction of sp³-hybridized carbons (Fsp3) is 0.143. The molecule has 0 unspecified atom stereocenters. The smallest absolute Gasteiger partial charge is 0.283 e. The number of aryl methyl sites for hydroxylation is 3. The minimum absolute atomic E-state index is 0.0834. The van der Waals surface area contributed by atoms with Crippen molar-refractivity contribution in [1.29, 1.82) is 0 Å². The summed E-state index contributed by atoms with van der Waals surface area (Å²) in [6.45, 7) is 6.25. The second-order valence-corrected chi connectivity index (χ2v) is 9.27. The molecular formula is C28H25N3OS. The van der Waals surface area contributed by atoms with Crippen LogP contribution >= 0.6 is 11.8 Å². The zero-order valence-corrected chi connectivity index (χ0v) is 19.7. The van der Waals surface area contributed by atoms with Gasteiger partial charge < -0.3 is 4.98 Å². The number of H-pyrrole nitrogens is 1. The van der Waals surface area contributed by atoms with Gasteiger partial charge in [-0.15, -0.1) is 0 Å². The van der Waals surface area contributed by atoms with E-state index in [1.165, 1.54) is 16.7 Å². The van der Waals surface area contributed by atoms with Crippen molar-refractivity contribution in [2.24, 2.45) is 0 Å². The van der Waals surface area contributed by atoms with E-state index in [4.69, 9.17) is 4.98 Å². The van der Waals surface area contributed by atoms with Crippen molar-refractivity contribution in [3.05, 3.63) is 112 Å². The van der Waals surface area contributed by atoms with Gasteiger partial charge in [0.25, 0.3) is 5.56 Å². The number of benzene rings is 3. The first-order valence-electron chi connectivity index (χ1n) is 11.0. The van der Waals surface area contributed by atoms with Gasteiger partial charge >= 0.3 is 0 Å². The maximum absolute atomic E-state index is 13.8. The molecule has 3 aromatic carbocycles. The number of aromatic amines is 1. The molecule has 5 heteroatoms. The molecule has 5 rings (SSSR count). The number of hydrogen-bond donors (Lipinski definition) is 1. The van der Waals surface area contributed by atoms with Crippen LogP contribution in [-0.4, -0.2) is 14.5 Å². The molecule has 164 valence electrons. The van der Waals surface area contributed by atoms with Crippen molar-refractivity contribution in [3.63, 3.8) is 0 Å². The van der Waals surface area contributed by atoms with E-state index in [0.717, 1.165) is 28.1 Å². The predicted molar refractivity (Wildman–Crippen MR) is 137 cm³/mol. The van der Waals surface area contributed by atoms with Crippen LogP contribution in [-0.2, 0) is 5.75 Å². The van der Waals surface area contributed by atoms with Gasteiger partial charge in [0.15, 0.2) is 5.16 Å². The standard InChI is InChI=1S/C28H25N3OS/c1-18-13-14-19(2)22(15-18)17-33-28-30-25-23(21-10-5-4-6-11-21)16-29-26(25)27(32)31(28)24-12-8-7-9-20(24)3/h4-16,29H,17H2,1-3H3. The molecule has 4 nitrogen and oxygen atoms in total. The molecule has 0 aliphatic rings. The Kier molecular flexibility index (Phi) is 5.65. The Labute approximate surface area is 197 Å². The number of nitrogens with one attached hydrogen (secondary N) is 1. The van der Waals surface area contributed by atoms with Crippen LogP contribution in [0.5, 0.6) is 0 Å². The average molecular weight is 452 g/mol. The van der Waals surface area contributed by atoms with E-state index in [9.17, 15) is 4.79 Å². The topological polar surface area (TPSA) is 50.7 Å². The molecule has 0 aliphatic heterocycles. The van der Waals surface area contributed by atoms with E-state index < -0.39 is 0 Å². The molecule has 0 fully saturated rings. The highest BCUT2D eigenvalue weighted by molar-refractivity contribution is 7.98. The summed E-state index contributed by atoms with van der Waals surface area (Å²) in [7, 11) is 0. The third-order valence-corrected chi connectivity index (χ3v) is 6.96. The first-order chi connectivity index (χ1) is 16.0. The van der Waals surface area contributed by atoms with Crippen LogP contribution in [0.2, 0.25) is 0 Å². The molecule has 2 heterocycles. The van der Waals surface area contributed by atoms with Crippen LogP contribution in [0.3, 0.4) is 0 Å². The van der Waals surface area contributed by atoms with Gasteiger partial charge in [-0.3, -0.25) is 9.36 Å². The Morgan fingerprint density at radius 2 is 1.67 bits per heavy atom. The highest BCUT2D eigenvalue weighted by Crippen LogP contribution is 2.31. The fourth-order valence-electron chi connectivity index (χ4n) is 4.10. The molecule has 1 N–H and O–H groups in total. The quantitative estimate of drug-likeness (QED) is 0.242. The second kappa shape index (κ2) is 8.75. The summed E-state index contributed by atoms with van der Waals surface area (Å²) in [5, 5.41) is 0.694. The van der Waals surface area contributed by atoms with E-state index in [0.29, 0.717) is 16.2 Å². The molecule has 0 bridgehead atoms. The number of thioether (sulfide) groups is 1. The number of hydrogen-bond acceptors (Lipinski definition) is 3. The lowest BCUT2D eigenvalue weighted by molar-refractivity contribution is 0.813. The van der Waals surface area contributed by atoms with E-state index in [2.05, 4.69) is 37.0 Å². The molecular weight excluding hydrogens is 426 g/mol. The molecule has 0 radical (unpaired) electrons. The predicted octanol–water partition coefficient (Wildman–Crippen LogP) is 6.60. The lowest BCUT2D eigenvalue weighted by atomic mass is 10.1. The minimum Gasteiger partial charge on any atom is -0.355 e. The van der Waals surface area contributed by atoms with Crippen molar-refractivity contribution in [2.75, 3.05) is 0 Å². The average Bonchev–Trinajstić information content (AvgIpc) is 3.25. The van der Waals surface area contributed by atoms with Gasteiger partial charge in [0.2, 0.25) is 0 Å². The third kappa shape index (κ3) is 4.00. The number of aromatic nitrogens is 3. The molecule has 0 saturated carbocycles. The molecule has 5 aromatic rings. The number of nitrogens with zero attached hydrogens (tertiary/aromatic N) is 2. The van der Waals surface area contributed by atoms with Gasteiger partial charge in [-0.1, -0.05) is 84.1 Å². The molecule has 0 atom stereocenters. The van der Waals surface area contributed by atoms with Gasteiger partial charge in [0, 0.05) is 17.5 Å². The monoisotopic (exact) mass is 451 g/mol. The first kappa shape index (κ1) is 21.3. The Morgan fingerprint density at radius 1 is 0.909 bits per heavy atom. The van der Waals surface area contributed by atoms with Crippen LogP contribution in [0.1, 0.15) is 22.3 Å². The van der Waals surface area contributed by atoms with Crippen molar-refractivity contribution in [3.8, 4) is 16.8 Å². The van der Waals surface area contributed by atoms with Crippen molar-refractivity contribution >= 4 is 22.8 Å². The van der Waals surface area contributed by atoms with Gasteiger partial charge in [-0.25, -0.2) is 4.98 Å².